The van der Waals surface area contributed by atoms with Crippen LogP contribution in [0, 0.1) is 6.92 Å². The van der Waals surface area contributed by atoms with Crippen LogP contribution in [0.5, 0.6) is 0 Å². The Morgan fingerprint density at radius 2 is 2.19 bits per heavy atom. The molecule has 0 saturated carbocycles. The number of rotatable bonds is 4. The quantitative estimate of drug-likeness (QED) is 0.804. The molecule has 0 aliphatic rings. The van der Waals surface area contributed by atoms with Gasteiger partial charge >= 0.3 is 0 Å². The first-order valence-corrected chi connectivity index (χ1v) is 5.40. The molecule has 0 fully saturated rings. The van der Waals surface area contributed by atoms with Crippen LogP contribution in [-0.4, -0.2) is 23.0 Å². The molecule has 0 unspecified atom stereocenters. The highest BCUT2D eigenvalue weighted by atomic mass is 16.1. The van der Waals surface area contributed by atoms with Gasteiger partial charge in [0.15, 0.2) is 0 Å². The van der Waals surface area contributed by atoms with E-state index in [4.69, 9.17) is 5.73 Å². The van der Waals surface area contributed by atoms with Crippen LogP contribution in [0.3, 0.4) is 0 Å². The molecule has 0 aliphatic heterocycles. The molecule has 0 spiro atoms. The lowest BCUT2D eigenvalue weighted by Gasteiger charge is -2.25. The standard InChI is InChI=1S/C12H19N3O/c1-9-4-5-10(8-14-9)11(16)15-12(2,3)6-7-13/h4-5,8H,6-7,13H2,1-3H3,(H,15,16). The van der Waals surface area contributed by atoms with E-state index < -0.39 is 0 Å². The molecule has 4 nitrogen and oxygen atoms in total. The third kappa shape index (κ3) is 3.62. The highest BCUT2D eigenvalue weighted by Gasteiger charge is 2.20. The summed E-state index contributed by atoms with van der Waals surface area (Å²) >= 11 is 0. The van der Waals surface area contributed by atoms with E-state index in [9.17, 15) is 4.79 Å². The van der Waals surface area contributed by atoms with Gasteiger partial charge in [0.1, 0.15) is 0 Å². The van der Waals surface area contributed by atoms with Gasteiger partial charge in [-0.1, -0.05) is 0 Å². The summed E-state index contributed by atoms with van der Waals surface area (Å²) in [5.41, 5.74) is 6.68. The van der Waals surface area contributed by atoms with E-state index in [0.717, 1.165) is 12.1 Å². The normalized spacial score (nSPS) is 11.2. The Morgan fingerprint density at radius 3 is 2.69 bits per heavy atom. The van der Waals surface area contributed by atoms with Crippen molar-refractivity contribution in [2.75, 3.05) is 6.54 Å². The monoisotopic (exact) mass is 221 g/mol. The Kier molecular flexibility index (Phi) is 4.01. The van der Waals surface area contributed by atoms with Crippen molar-refractivity contribution in [3.05, 3.63) is 29.6 Å². The van der Waals surface area contributed by atoms with Gasteiger partial charge in [-0.05, 0) is 45.9 Å². The summed E-state index contributed by atoms with van der Waals surface area (Å²) in [5.74, 6) is -0.106. The Labute approximate surface area is 96.3 Å². The molecule has 0 radical (unpaired) electrons. The van der Waals surface area contributed by atoms with Gasteiger partial charge < -0.3 is 11.1 Å². The van der Waals surface area contributed by atoms with Crippen molar-refractivity contribution in [1.29, 1.82) is 0 Å². The van der Waals surface area contributed by atoms with E-state index in [1.807, 2.05) is 26.8 Å². The van der Waals surface area contributed by atoms with E-state index >= 15 is 0 Å². The van der Waals surface area contributed by atoms with Gasteiger partial charge in [0.05, 0.1) is 5.56 Å². The topological polar surface area (TPSA) is 68.0 Å². The Hall–Kier alpha value is -1.42. The summed E-state index contributed by atoms with van der Waals surface area (Å²) < 4.78 is 0. The van der Waals surface area contributed by atoms with Crippen LogP contribution in [0.25, 0.3) is 0 Å². The fourth-order valence-electron chi connectivity index (χ4n) is 1.40. The molecule has 1 aromatic rings. The van der Waals surface area contributed by atoms with Crippen molar-refractivity contribution < 1.29 is 4.79 Å². The molecule has 0 saturated heterocycles. The second-order valence-corrected chi connectivity index (χ2v) is 4.56. The van der Waals surface area contributed by atoms with E-state index in [-0.39, 0.29) is 11.4 Å². The van der Waals surface area contributed by atoms with E-state index in [1.54, 1.807) is 12.3 Å². The fraction of sp³-hybridized carbons (Fsp3) is 0.500. The molecule has 1 aromatic heterocycles. The Balaban J connectivity index is 2.69. The average Bonchev–Trinajstić information content (AvgIpc) is 2.17. The first kappa shape index (κ1) is 12.6. The number of amides is 1. The minimum atomic E-state index is -0.281. The van der Waals surface area contributed by atoms with Gasteiger partial charge in [-0.2, -0.15) is 0 Å². The molecule has 0 bridgehead atoms. The van der Waals surface area contributed by atoms with E-state index in [2.05, 4.69) is 10.3 Å². The lowest BCUT2D eigenvalue weighted by Crippen LogP contribution is -2.44. The zero-order valence-corrected chi connectivity index (χ0v) is 10.1. The number of hydrogen-bond acceptors (Lipinski definition) is 3. The summed E-state index contributed by atoms with van der Waals surface area (Å²) in [6, 6.07) is 3.60. The largest absolute Gasteiger partial charge is 0.347 e. The number of nitrogens with two attached hydrogens (primary N) is 1. The van der Waals surface area contributed by atoms with E-state index in [1.165, 1.54) is 0 Å². The lowest BCUT2D eigenvalue weighted by atomic mass is 10.0. The van der Waals surface area contributed by atoms with Gasteiger partial charge in [0, 0.05) is 17.4 Å². The zero-order chi connectivity index (χ0) is 12.2. The van der Waals surface area contributed by atoms with Crippen LogP contribution in [0.4, 0.5) is 0 Å². The van der Waals surface area contributed by atoms with Crippen molar-refractivity contribution in [3.63, 3.8) is 0 Å². The third-order valence-electron chi connectivity index (χ3n) is 2.39. The summed E-state index contributed by atoms with van der Waals surface area (Å²) in [6.07, 6.45) is 2.33. The first-order valence-electron chi connectivity index (χ1n) is 5.40. The molecule has 3 N–H and O–H groups in total. The Morgan fingerprint density at radius 1 is 1.50 bits per heavy atom. The van der Waals surface area contributed by atoms with Crippen molar-refractivity contribution in [1.82, 2.24) is 10.3 Å². The van der Waals surface area contributed by atoms with Crippen LogP contribution < -0.4 is 11.1 Å². The van der Waals surface area contributed by atoms with Crippen LogP contribution in [0.2, 0.25) is 0 Å². The zero-order valence-electron chi connectivity index (χ0n) is 10.1. The fourth-order valence-corrected chi connectivity index (χ4v) is 1.40. The molecular formula is C12H19N3O. The number of aryl methyl sites for hydroxylation is 1. The minimum absolute atomic E-state index is 0.106. The molecular weight excluding hydrogens is 202 g/mol. The van der Waals surface area contributed by atoms with Crippen molar-refractivity contribution in [3.8, 4) is 0 Å². The summed E-state index contributed by atoms with van der Waals surface area (Å²) in [7, 11) is 0. The van der Waals surface area contributed by atoms with Crippen molar-refractivity contribution >= 4 is 5.91 Å². The predicted molar refractivity (Wildman–Crippen MR) is 64.2 cm³/mol. The smallest absolute Gasteiger partial charge is 0.253 e. The molecule has 88 valence electrons. The molecule has 0 aromatic carbocycles. The van der Waals surface area contributed by atoms with E-state index in [0.29, 0.717) is 12.1 Å². The van der Waals surface area contributed by atoms with Crippen molar-refractivity contribution in [2.24, 2.45) is 5.73 Å². The second-order valence-electron chi connectivity index (χ2n) is 4.56. The van der Waals surface area contributed by atoms with Gasteiger partial charge in [-0.15, -0.1) is 0 Å². The van der Waals surface area contributed by atoms with Gasteiger partial charge in [0.2, 0.25) is 0 Å². The molecule has 0 aliphatic carbocycles. The first-order chi connectivity index (χ1) is 7.44. The van der Waals surface area contributed by atoms with Gasteiger partial charge in [-0.25, -0.2) is 0 Å². The second kappa shape index (κ2) is 5.07. The molecule has 1 heterocycles. The molecule has 4 heteroatoms. The SMILES string of the molecule is Cc1ccc(C(=O)NC(C)(C)CCN)cn1. The van der Waals surface area contributed by atoms with Gasteiger partial charge in [0.25, 0.3) is 5.91 Å². The summed E-state index contributed by atoms with van der Waals surface area (Å²) in [5, 5.41) is 2.93. The molecule has 0 atom stereocenters. The maximum atomic E-state index is 11.9. The van der Waals surface area contributed by atoms with Crippen LogP contribution >= 0.6 is 0 Å². The maximum Gasteiger partial charge on any atom is 0.253 e. The number of carbonyl (C=O) groups excluding carboxylic acids is 1. The number of hydrogen-bond donors (Lipinski definition) is 2. The third-order valence-corrected chi connectivity index (χ3v) is 2.39. The maximum absolute atomic E-state index is 11.9. The van der Waals surface area contributed by atoms with Crippen LogP contribution in [0.1, 0.15) is 36.3 Å². The van der Waals surface area contributed by atoms with Crippen LogP contribution in [-0.2, 0) is 0 Å². The molecule has 1 rings (SSSR count). The highest BCUT2D eigenvalue weighted by molar-refractivity contribution is 5.94. The van der Waals surface area contributed by atoms with Crippen molar-refractivity contribution in [2.45, 2.75) is 32.7 Å². The molecule has 16 heavy (non-hydrogen) atoms. The Bertz CT molecular complexity index is 357. The number of aromatic nitrogens is 1. The summed E-state index contributed by atoms with van der Waals surface area (Å²) in [6.45, 7) is 6.36. The average molecular weight is 221 g/mol. The molecule has 1 amide bonds. The lowest BCUT2D eigenvalue weighted by molar-refractivity contribution is 0.0910. The highest BCUT2D eigenvalue weighted by Crippen LogP contribution is 2.09. The number of nitrogens with zero attached hydrogens (tertiary/aromatic N) is 1. The minimum Gasteiger partial charge on any atom is -0.347 e. The van der Waals surface area contributed by atoms with Crippen LogP contribution in [0.15, 0.2) is 18.3 Å². The number of carbonyl (C=O) groups is 1. The number of pyridine rings is 1. The summed E-state index contributed by atoms with van der Waals surface area (Å²) in [4.78, 5) is 15.9. The number of nitrogens with one attached hydrogen (secondary N) is 1. The van der Waals surface area contributed by atoms with Gasteiger partial charge in [-0.3, -0.25) is 9.78 Å². The predicted octanol–water partition coefficient (Wildman–Crippen LogP) is 1.25.